The van der Waals surface area contributed by atoms with Crippen LogP contribution in [0.5, 0.6) is 5.75 Å². The van der Waals surface area contributed by atoms with E-state index in [0.717, 1.165) is 30.0 Å². The molecule has 2 aromatic rings. The second kappa shape index (κ2) is 8.56. The number of para-hydroxylation sites is 1. The van der Waals surface area contributed by atoms with Gasteiger partial charge >= 0.3 is 5.97 Å². The highest BCUT2D eigenvalue weighted by Crippen LogP contribution is 2.37. The molecule has 4 nitrogen and oxygen atoms in total. The van der Waals surface area contributed by atoms with Crippen LogP contribution in [0.2, 0.25) is 5.02 Å². The van der Waals surface area contributed by atoms with Gasteiger partial charge < -0.3 is 9.84 Å². The minimum atomic E-state index is -0.696. The highest BCUT2D eigenvalue weighted by Gasteiger charge is 2.31. The first-order valence-corrected chi connectivity index (χ1v) is 9.42. The number of rotatable bonds is 6. The van der Waals surface area contributed by atoms with E-state index in [9.17, 15) is 9.90 Å². The van der Waals surface area contributed by atoms with Crippen molar-refractivity contribution in [3.8, 4) is 5.75 Å². The molecule has 2 aromatic carbocycles. The summed E-state index contributed by atoms with van der Waals surface area (Å²) >= 11 is 6.25. The molecule has 138 valence electrons. The van der Waals surface area contributed by atoms with Gasteiger partial charge in [-0.15, -0.1) is 0 Å². The molecule has 1 aliphatic rings. The zero-order valence-electron chi connectivity index (χ0n) is 14.9. The minimum Gasteiger partial charge on any atom is -0.494 e. The Morgan fingerprint density at radius 3 is 2.62 bits per heavy atom. The van der Waals surface area contributed by atoms with Gasteiger partial charge in [0, 0.05) is 10.6 Å². The van der Waals surface area contributed by atoms with Crippen LogP contribution in [0.1, 0.15) is 36.9 Å². The number of carboxylic acid groups (broad SMARTS) is 1. The third kappa shape index (κ3) is 4.19. The van der Waals surface area contributed by atoms with Gasteiger partial charge in [0.2, 0.25) is 0 Å². The van der Waals surface area contributed by atoms with Crippen molar-refractivity contribution in [2.75, 3.05) is 19.7 Å². The zero-order chi connectivity index (χ0) is 18.5. The number of carboxylic acids is 1. The Kier molecular flexibility index (Phi) is 6.17. The van der Waals surface area contributed by atoms with Crippen molar-refractivity contribution in [2.45, 2.75) is 25.8 Å². The zero-order valence-corrected chi connectivity index (χ0v) is 15.7. The van der Waals surface area contributed by atoms with Crippen molar-refractivity contribution in [3.63, 3.8) is 0 Å². The van der Waals surface area contributed by atoms with Crippen LogP contribution in [0, 0.1) is 5.92 Å². The van der Waals surface area contributed by atoms with E-state index in [1.165, 1.54) is 0 Å². The number of benzene rings is 2. The SMILES string of the molecule is CCOc1ccccc1C(c1cccc(Cl)c1)N1CCC(C(=O)O)CC1. The van der Waals surface area contributed by atoms with Crippen LogP contribution in [0.4, 0.5) is 0 Å². The molecule has 1 saturated heterocycles. The second-order valence-electron chi connectivity index (χ2n) is 6.58. The predicted octanol–water partition coefficient (Wildman–Crippen LogP) is 4.62. The van der Waals surface area contributed by atoms with Crippen molar-refractivity contribution >= 4 is 17.6 Å². The van der Waals surface area contributed by atoms with Gasteiger partial charge in [-0.3, -0.25) is 9.69 Å². The summed E-state index contributed by atoms with van der Waals surface area (Å²) in [5.74, 6) is -0.0904. The van der Waals surface area contributed by atoms with E-state index in [2.05, 4.69) is 17.0 Å². The minimum absolute atomic E-state index is 0.00815. The number of hydrogen-bond donors (Lipinski definition) is 1. The van der Waals surface area contributed by atoms with Gasteiger partial charge in [0.05, 0.1) is 18.6 Å². The summed E-state index contributed by atoms with van der Waals surface area (Å²) in [4.78, 5) is 13.6. The molecule has 5 heteroatoms. The van der Waals surface area contributed by atoms with Gasteiger partial charge in [0.25, 0.3) is 0 Å². The largest absolute Gasteiger partial charge is 0.494 e. The molecule has 1 atom stereocenters. The molecule has 0 radical (unpaired) electrons. The van der Waals surface area contributed by atoms with E-state index in [1.807, 2.05) is 43.3 Å². The van der Waals surface area contributed by atoms with Gasteiger partial charge in [0.1, 0.15) is 5.75 Å². The van der Waals surface area contributed by atoms with Crippen molar-refractivity contribution in [3.05, 3.63) is 64.7 Å². The van der Waals surface area contributed by atoms with Crippen molar-refractivity contribution in [2.24, 2.45) is 5.92 Å². The number of nitrogens with zero attached hydrogens (tertiary/aromatic N) is 1. The molecule has 0 bridgehead atoms. The molecule has 0 aromatic heterocycles. The summed E-state index contributed by atoms with van der Waals surface area (Å²) in [5, 5.41) is 9.99. The first-order valence-electron chi connectivity index (χ1n) is 9.04. The monoisotopic (exact) mass is 373 g/mol. The van der Waals surface area contributed by atoms with Gasteiger partial charge in [-0.25, -0.2) is 0 Å². The van der Waals surface area contributed by atoms with E-state index in [1.54, 1.807) is 0 Å². The van der Waals surface area contributed by atoms with Crippen LogP contribution in [0.3, 0.4) is 0 Å². The van der Waals surface area contributed by atoms with E-state index < -0.39 is 5.97 Å². The smallest absolute Gasteiger partial charge is 0.306 e. The molecule has 0 amide bonds. The van der Waals surface area contributed by atoms with E-state index in [-0.39, 0.29) is 12.0 Å². The topological polar surface area (TPSA) is 49.8 Å². The number of hydrogen-bond acceptors (Lipinski definition) is 3. The Hall–Kier alpha value is -2.04. The van der Waals surface area contributed by atoms with E-state index >= 15 is 0 Å². The normalized spacial score (nSPS) is 17.0. The average Bonchev–Trinajstić information content (AvgIpc) is 2.64. The Morgan fingerprint density at radius 1 is 1.23 bits per heavy atom. The number of likely N-dealkylation sites (tertiary alicyclic amines) is 1. The molecule has 1 aliphatic heterocycles. The van der Waals surface area contributed by atoms with Gasteiger partial charge in [-0.1, -0.05) is 41.9 Å². The molecular formula is C21H24ClNO3. The highest BCUT2D eigenvalue weighted by molar-refractivity contribution is 6.30. The van der Waals surface area contributed by atoms with Crippen LogP contribution in [0.25, 0.3) is 0 Å². The third-order valence-electron chi connectivity index (χ3n) is 4.92. The van der Waals surface area contributed by atoms with Crippen LogP contribution in [-0.2, 0) is 4.79 Å². The number of aliphatic carboxylic acids is 1. The lowest BCUT2D eigenvalue weighted by Gasteiger charge is -2.37. The molecule has 0 aliphatic carbocycles. The number of halogens is 1. The van der Waals surface area contributed by atoms with Crippen molar-refractivity contribution in [1.82, 2.24) is 4.90 Å². The lowest BCUT2D eigenvalue weighted by molar-refractivity contribution is -0.143. The molecule has 3 rings (SSSR count). The fourth-order valence-corrected chi connectivity index (χ4v) is 3.86. The first kappa shape index (κ1) is 18.7. The maximum atomic E-state index is 11.3. The van der Waals surface area contributed by atoms with Crippen LogP contribution >= 0.6 is 11.6 Å². The maximum absolute atomic E-state index is 11.3. The summed E-state index contributed by atoms with van der Waals surface area (Å²) in [5.41, 5.74) is 2.18. The van der Waals surface area contributed by atoms with Gasteiger partial charge in [0.15, 0.2) is 0 Å². The molecule has 1 unspecified atom stereocenters. The van der Waals surface area contributed by atoms with Crippen LogP contribution < -0.4 is 4.74 Å². The van der Waals surface area contributed by atoms with E-state index in [4.69, 9.17) is 16.3 Å². The summed E-state index contributed by atoms with van der Waals surface area (Å²) in [6.07, 6.45) is 1.31. The fraction of sp³-hybridized carbons (Fsp3) is 0.381. The van der Waals surface area contributed by atoms with Gasteiger partial charge in [-0.2, -0.15) is 0 Å². The summed E-state index contributed by atoms with van der Waals surface area (Å²) < 4.78 is 5.87. The number of ether oxygens (including phenoxy) is 1. The van der Waals surface area contributed by atoms with Crippen molar-refractivity contribution < 1.29 is 14.6 Å². The first-order chi connectivity index (χ1) is 12.6. The molecular weight excluding hydrogens is 350 g/mol. The third-order valence-corrected chi connectivity index (χ3v) is 5.16. The Morgan fingerprint density at radius 2 is 1.96 bits per heavy atom. The average molecular weight is 374 g/mol. The Labute approximate surface area is 159 Å². The molecule has 1 N–H and O–H groups in total. The Bertz CT molecular complexity index is 756. The Balaban J connectivity index is 1.97. The fourth-order valence-electron chi connectivity index (χ4n) is 3.66. The molecule has 1 fully saturated rings. The number of carbonyl (C=O) groups is 1. The highest BCUT2D eigenvalue weighted by atomic mass is 35.5. The molecule has 0 spiro atoms. The number of piperidine rings is 1. The predicted molar refractivity (Wildman–Crippen MR) is 103 cm³/mol. The summed E-state index contributed by atoms with van der Waals surface area (Å²) in [7, 11) is 0. The lowest BCUT2D eigenvalue weighted by atomic mass is 9.91. The standard InChI is InChI=1S/C21H24ClNO3/c1-2-26-19-9-4-3-8-18(19)20(16-6-5-7-17(22)14-16)23-12-10-15(11-13-23)21(24)25/h3-9,14-15,20H,2,10-13H2,1H3,(H,24,25). The summed E-state index contributed by atoms with van der Waals surface area (Å²) in [6, 6.07) is 15.9. The van der Waals surface area contributed by atoms with Crippen LogP contribution in [0.15, 0.2) is 48.5 Å². The maximum Gasteiger partial charge on any atom is 0.306 e. The second-order valence-corrected chi connectivity index (χ2v) is 7.01. The molecule has 26 heavy (non-hydrogen) atoms. The van der Waals surface area contributed by atoms with Gasteiger partial charge in [-0.05, 0) is 56.6 Å². The molecule has 0 saturated carbocycles. The quantitative estimate of drug-likeness (QED) is 0.802. The van der Waals surface area contributed by atoms with E-state index in [0.29, 0.717) is 24.5 Å². The van der Waals surface area contributed by atoms with Crippen molar-refractivity contribution in [1.29, 1.82) is 0 Å². The summed E-state index contributed by atoms with van der Waals surface area (Å²) in [6.45, 7) is 4.03. The lowest BCUT2D eigenvalue weighted by Crippen LogP contribution is -2.39. The van der Waals surface area contributed by atoms with Crippen LogP contribution in [-0.4, -0.2) is 35.7 Å². The molecule has 1 heterocycles.